The Morgan fingerprint density at radius 2 is 1.58 bits per heavy atom. The van der Waals surface area contributed by atoms with E-state index in [4.69, 9.17) is 14.2 Å². The number of anilines is 1. The van der Waals surface area contributed by atoms with Crippen LogP contribution in [0.15, 0.2) is 30.3 Å². The van der Waals surface area contributed by atoms with Crippen LogP contribution in [0.1, 0.15) is 30.5 Å². The number of nitrogens with zero attached hydrogens (tertiary/aromatic N) is 1. The predicted octanol–water partition coefficient (Wildman–Crippen LogP) is 4.45. The molecule has 0 bridgehead atoms. The highest BCUT2D eigenvalue weighted by molar-refractivity contribution is 7.92. The molecule has 0 heterocycles. The van der Waals surface area contributed by atoms with Crippen molar-refractivity contribution in [3.8, 4) is 17.2 Å². The van der Waals surface area contributed by atoms with Crippen LogP contribution in [-0.4, -0.2) is 59.5 Å². The number of halogens is 1. The normalized spacial score (nSPS) is 11.3. The molecule has 0 aliphatic heterocycles. The Labute approximate surface area is 204 Å². The average Bonchev–Trinajstić information content (AvgIpc) is 2.70. The van der Waals surface area contributed by atoms with Crippen molar-refractivity contribution in [3.63, 3.8) is 0 Å². The van der Waals surface area contributed by atoms with E-state index in [1.165, 1.54) is 5.56 Å². The quantitative estimate of drug-likeness (QED) is 0.464. The largest absolute Gasteiger partial charge is 0.493 e. The summed E-state index contributed by atoms with van der Waals surface area (Å²) in [7, 11) is -0.0293. The number of hydrogen-bond donors (Lipinski definition) is 1. The van der Waals surface area contributed by atoms with Crippen LogP contribution in [0.4, 0.5) is 5.69 Å². The summed E-state index contributed by atoms with van der Waals surface area (Å²) >= 11 is 0. The van der Waals surface area contributed by atoms with Gasteiger partial charge in [-0.2, -0.15) is 0 Å². The van der Waals surface area contributed by atoms with Gasteiger partial charge in [0.05, 0.1) is 20.5 Å². The second-order valence-electron chi connectivity index (χ2n) is 8.23. The van der Waals surface area contributed by atoms with Crippen molar-refractivity contribution in [1.29, 1.82) is 0 Å². The van der Waals surface area contributed by atoms with Gasteiger partial charge in [-0.1, -0.05) is 6.07 Å². The fourth-order valence-electron chi connectivity index (χ4n) is 3.65. The molecule has 0 spiro atoms. The number of aryl methyl sites for hydroxylation is 2. The van der Waals surface area contributed by atoms with Crippen molar-refractivity contribution < 1.29 is 22.6 Å². The van der Waals surface area contributed by atoms with Crippen LogP contribution in [0.3, 0.4) is 0 Å². The molecule has 0 saturated heterocycles. The fourth-order valence-corrected chi connectivity index (χ4v) is 4.20. The van der Waals surface area contributed by atoms with Gasteiger partial charge in [-0.3, -0.25) is 9.62 Å². The summed E-state index contributed by atoms with van der Waals surface area (Å²) in [6.07, 6.45) is 2.03. The second-order valence-corrected chi connectivity index (χ2v) is 9.98. The van der Waals surface area contributed by atoms with E-state index in [1.54, 1.807) is 26.4 Å². The Morgan fingerprint density at radius 3 is 2.09 bits per heavy atom. The van der Waals surface area contributed by atoms with Crippen LogP contribution in [0.5, 0.6) is 17.2 Å². The number of hydrogen-bond acceptors (Lipinski definition) is 6. The number of ether oxygens (including phenoxy) is 3. The second kappa shape index (κ2) is 12.9. The maximum atomic E-state index is 11.5. The van der Waals surface area contributed by atoms with E-state index in [2.05, 4.69) is 29.5 Å². The average molecular weight is 501 g/mol. The molecular formula is C24H37ClN2O5S. The number of benzene rings is 2. The maximum Gasteiger partial charge on any atom is 0.229 e. The smallest absolute Gasteiger partial charge is 0.229 e. The molecule has 1 N–H and O–H groups in total. The lowest BCUT2D eigenvalue weighted by atomic mass is 10.1. The molecule has 33 heavy (non-hydrogen) atoms. The number of rotatable bonds is 12. The zero-order chi connectivity index (χ0) is 23.9. The summed E-state index contributed by atoms with van der Waals surface area (Å²) in [4.78, 5) is 2.38. The minimum absolute atomic E-state index is 0. The first-order chi connectivity index (χ1) is 15.0. The molecule has 0 aliphatic rings. The molecule has 0 saturated carbocycles. The molecule has 186 valence electrons. The van der Waals surface area contributed by atoms with Gasteiger partial charge in [0.1, 0.15) is 12.4 Å². The molecule has 0 atom stereocenters. The minimum Gasteiger partial charge on any atom is -0.493 e. The van der Waals surface area contributed by atoms with Crippen molar-refractivity contribution in [2.75, 3.05) is 44.9 Å². The topological polar surface area (TPSA) is 77.1 Å². The van der Waals surface area contributed by atoms with E-state index in [0.717, 1.165) is 54.1 Å². The highest BCUT2D eigenvalue weighted by Gasteiger charge is 2.13. The highest BCUT2D eigenvalue weighted by atomic mass is 35.5. The minimum atomic E-state index is -3.31. The third kappa shape index (κ3) is 8.95. The molecule has 0 radical (unpaired) electrons. The van der Waals surface area contributed by atoms with Gasteiger partial charge in [-0.25, -0.2) is 8.42 Å². The molecule has 0 aromatic heterocycles. The Kier molecular flexibility index (Phi) is 11.3. The summed E-state index contributed by atoms with van der Waals surface area (Å²) in [6.45, 7) is 10.4. The Morgan fingerprint density at radius 1 is 0.970 bits per heavy atom. The first kappa shape index (κ1) is 28.9. The Bertz CT molecular complexity index is 989. The summed E-state index contributed by atoms with van der Waals surface area (Å²) in [5.41, 5.74) is 3.54. The third-order valence-electron chi connectivity index (χ3n) is 5.25. The first-order valence-corrected chi connectivity index (χ1v) is 12.6. The molecule has 0 aliphatic carbocycles. The van der Waals surface area contributed by atoms with Crippen LogP contribution in [0, 0.1) is 13.8 Å². The van der Waals surface area contributed by atoms with E-state index in [0.29, 0.717) is 18.3 Å². The molecule has 2 aromatic carbocycles. The van der Waals surface area contributed by atoms with E-state index in [-0.39, 0.29) is 12.4 Å². The summed E-state index contributed by atoms with van der Waals surface area (Å²) in [5.74, 6) is 2.27. The van der Waals surface area contributed by atoms with Crippen molar-refractivity contribution in [2.24, 2.45) is 0 Å². The SMILES string of the molecule is COc1ccc(CCN(CCOc2c(C)cc(NS(C)(=O)=O)cc2C)C(C)C)cc1OC.Cl. The molecule has 7 nitrogen and oxygen atoms in total. The molecule has 0 fully saturated rings. The molecule has 2 aromatic rings. The standard InChI is InChI=1S/C24H36N2O5S.ClH/c1-17(2)26(11-10-20-8-9-22(29-5)23(16-20)30-6)12-13-31-24-18(3)14-21(15-19(24)4)25-32(7,27)28;/h8-9,14-17,25H,10-13H2,1-7H3;1H. The molecule has 0 amide bonds. The van der Waals surface area contributed by atoms with Crippen molar-refractivity contribution in [3.05, 3.63) is 47.0 Å². The molecule has 0 unspecified atom stereocenters. The van der Waals surface area contributed by atoms with Gasteiger partial charge < -0.3 is 14.2 Å². The van der Waals surface area contributed by atoms with Gasteiger partial charge in [0, 0.05) is 24.8 Å². The van der Waals surface area contributed by atoms with Crippen LogP contribution in [-0.2, 0) is 16.4 Å². The summed E-state index contributed by atoms with van der Waals surface area (Å²) < 4.78 is 42.3. The lowest BCUT2D eigenvalue weighted by Crippen LogP contribution is -2.36. The predicted molar refractivity (Wildman–Crippen MR) is 137 cm³/mol. The molecule has 9 heteroatoms. The summed E-state index contributed by atoms with van der Waals surface area (Å²) in [5, 5.41) is 0. The zero-order valence-electron chi connectivity index (χ0n) is 20.6. The Balaban J connectivity index is 0.00000544. The van der Waals surface area contributed by atoms with E-state index in [1.807, 2.05) is 26.0 Å². The lowest BCUT2D eigenvalue weighted by molar-refractivity contribution is 0.176. The van der Waals surface area contributed by atoms with Crippen LogP contribution in [0.2, 0.25) is 0 Å². The number of methoxy groups -OCH3 is 2. The van der Waals surface area contributed by atoms with E-state index >= 15 is 0 Å². The van der Waals surface area contributed by atoms with Gasteiger partial charge in [0.2, 0.25) is 10.0 Å². The van der Waals surface area contributed by atoms with Crippen LogP contribution < -0.4 is 18.9 Å². The van der Waals surface area contributed by atoms with Gasteiger partial charge in [0.25, 0.3) is 0 Å². The van der Waals surface area contributed by atoms with Crippen LogP contribution in [0.25, 0.3) is 0 Å². The molecule has 2 rings (SSSR count). The Hall–Kier alpha value is -2.16. The van der Waals surface area contributed by atoms with E-state index < -0.39 is 10.0 Å². The van der Waals surface area contributed by atoms with Gasteiger partial charge >= 0.3 is 0 Å². The maximum absolute atomic E-state index is 11.5. The first-order valence-electron chi connectivity index (χ1n) is 10.7. The van der Waals surface area contributed by atoms with Crippen molar-refractivity contribution in [1.82, 2.24) is 4.90 Å². The van der Waals surface area contributed by atoms with Gasteiger partial charge in [-0.15, -0.1) is 12.4 Å². The number of nitrogens with one attached hydrogen (secondary N) is 1. The van der Waals surface area contributed by atoms with E-state index in [9.17, 15) is 8.42 Å². The third-order valence-corrected chi connectivity index (χ3v) is 5.86. The highest BCUT2D eigenvalue weighted by Crippen LogP contribution is 2.29. The van der Waals surface area contributed by atoms with Gasteiger partial charge in [-0.05, 0) is 75.1 Å². The van der Waals surface area contributed by atoms with Crippen molar-refractivity contribution >= 4 is 28.1 Å². The van der Waals surface area contributed by atoms with Crippen molar-refractivity contribution in [2.45, 2.75) is 40.2 Å². The lowest BCUT2D eigenvalue weighted by Gasteiger charge is -2.27. The molecular weight excluding hydrogens is 464 g/mol. The van der Waals surface area contributed by atoms with Gasteiger partial charge in [0.15, 0.2) is 11.5 Å². The summed E-state index contributed by atoms with van der Waals surface area (Å²) in [6, 6.07) is 9.98. The zero-order valence-corrected chi connectivity index (χ0v) is 22.2. The number of sulfonamides is 1. The fraction of sp³-hybridized carbons (Fsp3) is 0.500. The monoisotopic (exact) mass is 500 g/mol. The van der Waals surface area contributed by atoms with Crippen LogP contribution >= 0.6 is 12.4 Å².